The first kappa shape index (κ1) is 20.8. The summed E-state index contributed by atoms with van der Waals surface area (Å²) in [6.45, 7) is 6.70. The molecule has 0 N–H and O–H groups in total. The standard InChI is InChI=1S/C28H23F2NS/c1-28(2,3)16-17-9-10-31-25(11-17)18-7-8-26-24(14-18)23-6-4-5-22(27(23)32-26)19-12-20(29)15-21(30)13-19/h4-15H,16H2,1-3H3. The van der Waals surface area contributed by atoms with Crippen molar-refractivity contribution >= 4 is 31.5 Å². The van der Waals surface area contributed by atoms with E-state index in [-0.39, 0.29) is 5.41 Å². The topological polar surface area (TPSA) is 12.9 Å². The van der Waals surface area contributed by atoms with Crippen LogP contribution in [0.3, 0.4) is 0 Å². The Morgan fingerprint density at radius 2 is 1.59 bits per heavy atom. The van der Waals surface area contributed by atoms with Crippen LogP contribution in [0.2, 0.25) is 0 Å². The molecule has 160 valence electrons. The number of hydrogen-bond acceptors (Lipinski definition) is 2. The molecule has 4 heteroatoms. The lowest BCUT2D eigenvalue weighted by molar-refractivity contribution is 0.411. The molecule has 0 aliphatic rings. The predicted octanol–water partition coefficient (Wildman–Crippen LogP) is 8.65. The molecular weight excluding hydrogens is 420 g/mol. The lowest BCUT2D eigenvalue weighted by Crippen LogP contribution is -2.09. The Morgan fingerprint density at radius 1 is 0.812 bits per heavy atom. The lowest BCUT2D eigenvalue weighted by atomic mass is 9.88. The van der Waals surface area contributed by atoms with Crippen LogP contribution in [0.5, 0.6) is 0 Å². The van der Waals surface area contributed by atoms with Crippen molar-refractivity contribution < 1.29 is 8.78 Å². The Labute approximate surface area is 190 Å². The van der Waals surface area contributed by atoms with Gasteiger partial charge in [-0.15, -0.1) is 11.3 Å². The Bertz CT molecular complexity index is 1440. The van der Waals surface area contributed by atoms with Gasteiger partial charge in [-0.2, -0.15) is 0 Å². The van der Waals surface area contributed by atoms with Gasteiger partial charge in [0.1, 0.15) is 11.6 Å². The maximum atomic E-state index is 13.9. The second-order valence-electron chi connectivity index (χ2n) is 9.44. The molecular formula is C28H23F2NS. The minimum Gasteiger partial charge on any atom is -0.256 e. The van der Waals surface area contributed by atoms with Gasteiger partial charge in [-0.1, -0.05) is 45.0 Å². The first-order chi connectivity index (χ1) is 15.3. The monoisotopic (exact) mass is 443 g/mol. The fourth-order valence-electron chi connectivity index (χ4n) is 4.25. The summed E-state index contributed by atoms with van der Waals surface area (Å²) >= 11 is 1.64. The van der Waals surface area contributed by atoms with Crippen LogP contribution in [0.1, 0.15) is 26.3 Å². The Kier molecular flexibility index (Phi) is 5.06. The smallest absolute Gasteiger partial charge is 0.126 e. The molecule has 5 aromatic rings. The maximum Gasteiger partial charge on any atom is 0.126 e. The van der Waals surface area contributed by atoms with E-state index in [1.165, 1.54) is 17.7 Å². The number of halogens is 2. The van der Waals surface area contributed by atoms with Crippen molar-refractivity contribution in [3.8, 4) is 22.4 Å². The molecule has 1 nitrogen and oxygen atoms in total. The van der Waals surface area contributed by atoms with Crippen molar-refractivity contribution in [3.05, 3.63) is 90.1 Å². The highest BCUT2D eigenvalue weighted by Crippen LogP contribution is 2.41. The van der Waals surface area contributed by atoms with Crippen LogP contribution in [0.4, 0.5) is 8.78 Å². The van der Waals surface area contributed by atoms with Crippen molar-refractivity contribution in [2.45, 2.75) is 27.2 Å². The summed E-state index contributed by atoms with van der Waals surface area (Å²) in [7, 11) is 0. The number of benzene rings is 3. The van der Waals surface area contributed by atoms with Gasteiger partial charge in [0.2, 0.25) is 0 Å². The first-order valence-electron chi connectivity index (χ1n) is 10.6. The number of pyridine rings is 1. The van der Waals surface area contributed by atoms with Crippen LogP contribution in [0.15, 0.2) is 72.9 Å². The van der Waals surface area contributed by atoms with Gasteiger partial charge < -0.3 is 0 Å². The van der Waals surface area contributed by atoms with Crippen molar-refractivity contribution in [3.63, 3.8) is 0 Å². The van der Waals surface area contributed by atoms with E-state index < -0.39 is 11.6 Å². The van der Waals surface area contributed by atoms with Crippen molar-refractivity contribution in [1.29, 1.82) is 0 Å². The van der Waals surface area contributed by atoms with Gasteiger partial charge in [0.25, 0.3) is 0 Å². The molecule has 0 amide bonds. The highest BCUT2D eigenvalue weighted by atomic mass is 32.1. The summed E-state index contributed by atoms with van der Waals surface area (Å²) in [5.41, 5.74) is 4.89. The number of fused-ring (bicyclic) bond motifs is 3. The lowest BCUT2D eigenvalue weighted by Gasteiger charge is -2.18. The van der Waals surface area contributed by atoms with E-state index in [0.29, 0.717) is 5.56 Å². The second-order valence-corrected chi connectivity index (χ2v) is 10.5. The second kappa shape index (κ2) is 7.79. The van der Waals surface area contributed by atoms with Crippen LogP contribution < -0.4 is 0 Å². The van der Waals surface area contributed by atoms with Gasteiger partial charge in [0, 0.05) is 38.0 Å². The number of rotatable bonds is 3. The van der Waals surface area contributed by atoms with Gasteiger partial charge >= 0.3 is 0 Å². The van der Waals surface area contributed by atoms with Crippen LogP contribution in [0, 0.1) is 17.0 Å². The van der Waals surface area contributed by atoms with E-state index in [4.69, 9.17) is 0 Å². The minimum atomic E-state index is -0.568. The fraction of sp³-hybridized carbons (Fsp3) is 0.179. The zero-order valence-electron chi connectivity index (χ0n) is 18.2. The molecule has 0 saturated heterocycles. The highest BCUT2D eigenvalue weighted by Gasteiger charge is 2.15. The Hall–Kier alpha value is -3.11. The van der Waals surface area contributed by atoms with Gasteiger partial charge in [0.15, 0.2) is 0 Å². The molecule has 0 fully saturated rings. The molecule has 0 bridgehead atoms. The summed E-state index contributed by atoms with van der Waals surface area (Å²) in [5, 5.41) is 2.21. The molecule has 0 radical (unpaired) electrons. The third-order valence-corrected chi connectivity index (χ3v) is 6.74. The average Bonchev–Trinajstić information content (AvgIpc) is 3.10. The van der Waals surface area contributed by atoms with Crippen LogP contribution in [0.25, 0.3) is 42.6 Å². The summed E-state index contributed by atoms with van der Waals surface area (Å²) in [5.74, 6) is -1.14. The molecule has 3 aromatic carbocycles. The number of nitrogens with zero attached hydrogens (tertiary/aromatic N) is 1. The van der Waals surface area contributed by atoms with Crippen molar-refractivity contribution in [2.24, 2.45) is 5.41 Å². The zero-order chi connectivity index (χ0) is 22.5. The van der Waals surface area contributed by atoms with E-state index >= 15 is 0 Å². The molecule has 0 aliphatic heterocycles. The average molecular weight is 444 g/mol. The first-order valence-corrected chi connectivity index (χ1v) is 11.5. The van der Waals surface area contributed by atoms with E-state index in [9.17, 15) is 8.78 Å². The number of hydrogen-bond donors (Lipinski definition) is 0. The van der Waals surface area contributed by atoms with E-state index in [1.807, 2.05) is 18.3 Å². The van der Waals surface area contributed by atoms with E-state index in [2.05, 4.69) is 62.2 Å². The predicted molar refractivity (Wildman–Crippen MR) is 131 cm³/mol. The summed E-state index contributed by atoms with van der Waals surface area (Å²) in [4.78, 5) is 4.62. The molecule has 0 unspecified atom stereocenters. The Morgan fingerprint density at radius 3 is 2.34 bits per heavy atom. The fourth-order valence-corrected chi connectivity index (χ4v) is 5.47. The summed E-state index contributed by atoms with van der Waals surface area (Å²) in [6.07, 6.45) is 2.86. The van der Waals surface area contributed by atoms with E-state index in [1.54, 1.807) is 11.3 Å². The van der Waals surface area contributed by atoms with Gasteiger partial charge in [-0.25, -0.2) is 8.78 Å². The normalized spacial score (nSPS) is 12.0. The molecule has 0 aliphatic carbocycles. The van der Waals surface area contributed by atoms with Gasteiger partial charge in [-0.05, 0) is 64.9 Å². The SMILES string of the molecule is CC(C)(C)Cc1ccnc(-c2ccc3sc4c(-c5cc(F)cc(F)c5)cccc4c3c2)c1. The molecule has 0 spiro atoms. The largest absolute Gasteiger partial charge is 0.256 e. The third kappa shape index (κ3) is 4.03. The molecule has 0 atom stereocenters. The van der Waals surface area contributed by atoms with Gasteiger partial charge in [-0.3, -0.25) is 4.98 Å². The minimum absolute atomic E-state index is 0.207. The van der Waals surface area contributed by atoms with Crippen molar-refractivity contribution in [2.75, 3.05) is 0 Å². The zero-order valence-corrected chi connectivity index (χ0v) is 19.1. The summed E-state index contributed by atoms with van der Waals surface area (Å²) in [6, 6.07) is 20.3. The summed E-state index contributed by atoms with van der Waals surface area (Å²) < 4.78 is 29.9. The molecule has 5 rings (SSSR count). The van der Waals surface area contributed by atoms with Gasteiger partial charge in [0.05, 0.1) is 5.69 Å². The Balaban J connectivity index is 1.64. The quantitative estimate of drug-likeness (QED) is 0.272. The molecule has 2 heterocycles. The molecule has 32 heavy (non-hydrogen) atoms. The van der Waals surface area contributed by atoms with E-state index in [0.717, 1.165) is 49.5 Å². The third-order valence-electron chi connectivity index (χ3n) is 5.52. The molecule has 2 aromatic heterocycles. The highest BCUT2D eigenvalue weighted by molar-refractivity contribution is 7.26. The van der Waals surface area contributed by atoms with Crippen LogP contribution >= 0.6 is 11.3 Å². The number of aromatic nitrogens is 1. The maximum absolute atomic E-state index is 13.9. The van der Waals surface area contributed by atoms with Crippen LogP contribution in [-0.4, -0.2) is 4.98 Å². The molecule has 0 saturated carbocycles. The van der Waals surface area contributed by atoms with Crippen LogP contribution in [-0.2, 0) is 6.42 Å². The van der Waals surface area contributed by atoms with Crippen molar-refractivity contribution in [1.82, 2.24) is 4.98 Å². The number of thiophene rings is 1.